The number of ether oxygens (including phenoxy) is 2. The predicted molar refractivity (Wildman–Crippen MR) is 173 cm³/mol. The Labute approximate surface area is 273 Å². The molecule has 5 rings (SSSR count). The lowest BCUT2D eigenvalue weighted by Gasteiger charge is -2.43. The maximum absolute atomic E-state index is 15.6. The van der Waals surface area contributed by atoms with Crippen LogP contribution in [0.25, 0.3) is 0 Å². The zero-order valence-electron chi connectivity index (χ0n) is 25.7. The first-order valence-electron chi connectivity index (χ1n) is 15.1. The van der Waals surface area contributed by atoms with Crippen LogP contribution in [0.2, 0.25) is 5.02 Å². The van der Waals surface area contributed by atoms with Crippen molar-refractivity contribution in [3.63, 3.8) is 0 Å². The Bertz CT molecular complexity index is 1640. The third kappa shape index (κ3) is 7.06. The maximum atomic E-state index is 15.6. The summed E-state index contributed by atoms with van der Waals surface area (Å²) in [7, 11) is -2.70. The molecular formula is C33H38ClFN4O6S. The molecule has 0 unspecified atom stereocenters. The molecule has 2 aliphatic rings. The van der Waals surface area contributed by atoms with Gasteiger partial charge in [-0.25, -0.2) is 17.6 Å². The molecule has 2 heterocycles. The molecule has 3 atom stereocenters. The molecule has 0 aromatic heterocycles. The number of methoxy groups -OCH3 is 1. The summed E-state index contributed by atoms with van der Waals surface area (Å²) in [6.07, 6.45) is -0.00445. The molecule has 3 aromatic rings. The summed E-state index contributed by atoms with van der Waals surface area (Å²) in [5.74, 6) is -1.18. The second-order valence-corrected chi connectivity index (χ2v) is 13.9. The number of carbonyl (C=O) groups excluding carboxylic acids is 2. The molecule has 2 fully saturated rings. The lowest BCUT2D eigenvalue weighted by Crippen LogP contribution is -2.59. The van der Waals surface area contributed by atoms with Crippen LogP contribution >= 0.6 is 11.6 Å². The van der Waals surface area contributed by atoms with Crippen molar-refractivity contribution in [1.29, 1.82) is 0 Å². The predicted octanol–water partition coefficient (Wildman–Crippen LogP) is 4.48. The molecule has 2 amide bonds. The number of benzene rings is 3. The van der Waals surface area contributed by atoms with Gasteiger partial charge in [0, 0.05) is 60.1 Å². The lowest BCUT2D eigenvalue weighted by atomic mass is 9.68. The first-order chi connectivity index (χ1) is 22.1. The fourth-order valence-electron chi connectivity index (χ4n) is 6.52. The summed E-state index contributed by atoms with van der Waals surface area (Å²) in [5, 5.41) is 9.37. The Kier molecular flexibility index (Phi) is 10.6. The van der Waals surface area contributed by atoms with Gasteiger partial charge in [0.05, 0.1) is 12.0 Å². The molecule has 10 nitrogen and oxygen atoms in total. The number of hydrogen-bond donors (Lipinski definition) is 3. The van der Waals surface area contributed by atoms with Crippen LogP contribution in [0.15, 0.2) is 77.7 Å². The second-order valence-electron chi connectivity index (χ2n) is 11.6. The fourth-order valence-corrected chi connectivity index (χ4v) is 8.49. The van der Waals surface area contributed by atoms with Crippen molar-refractivity contribution in [2.75, 3.05) is 38.7 Å². The third-order valence-electron chi connectivity index (χ3n) is 8.82. The largest absolute Gasteiger partial charge is 0.453 e. The maximum Gasteiger partial charge on any atom is 0.407 e. The summed E-state index contributed by atoms with van der Waals surface area (Å²) < 4.78 is 55.2. The average Bonchev–Trinajstić information content (AvgIpc) is 3.06. The number of nitrogens with one attached hydrogen (secondary N) is 3. The summed E-state index contributed by atoms with van der Waals surface area (Å²) >= 11 is 6.17. The minimum absolute atomic E-state index is 0.0169. The van der Waals surface area contributed by atoms with Crippen molar-refractivity contribution in [3.8, 4) is 0 Å². The fraction of sp³-hybridized carbons (Fsp3) is 0.394. The van der Waals surface area contributed by atoms with Crippen molar-refractivity contribution in [2.45, 2.75) is 54.6 Å². The second kappa shape index (κ2) is 14.5. The first kappa shape index (κ1) is 33.8. The van der Waals surface area contributed by atoms with Gasteiger partial charge in [0.15, 0.2) is 0 Å². The number of alkyl carbamates (subject to hydrolysis) is 1. The topological polar surface area (TPSA) is 126 Å². The smallest absolute Gasteiger partial charge is 0.407 e. The number of rotatable bonds is 9. The molecule has 3 aromatic carbocycles. The zero-order chi connectivity index (χ0) is 32.9. The average molecular weight is 673 g/mol. The summed E-state index contributed by atoms with van der Waals surface area (Å²) in [4.78, 5) is 27.0. The number of sulfonamides is 1. The first-order valence-corrected chi connectivity index (χ1v) is 16.9. The standard InChI is InChI=1S/C33H38ClFN4O6S/c1-22-20-36-21-25(39(22)46(42,43)26-7-4-3-5-8-26)19-27-28(35)9-6-10-29(27)37-31(40)30(38-32(41)44-2)33(15-17-45-18-16-33)23-11-13-24(34)14-12-23/h3-14,22,25,30,36H,15-21H2,1-2H3,(H,37,40)(H,38,41)/t22-,25+,30-/m1/s1. The van der Waals surface area contributed by atoms with Crippen LogP contribution in [0.5, 0.6) is 0 Å². The highest BCUT2D eigenvalue weighted by atomic mass is 35.5. The summed E-state index contributed by atoms with van der Waals surface area (Å²) in [5.41, 5.74) is 0.211. The molecule has 0 radical (unpaired) electrons. The molecule has 0 aliphatic carbocycles. The lowest BCUT2D eigenvalue weighted by molar-refractivity contribution is -0.121. The minimum atomic E-state index is -3.91. The van der Waals surface area contributed by atoms with Crippen molar-refractivity contribution < 1.29 is 31.9 Å². The van der Waals surface area contributed by atoms with Gasteiger partial charge in [0.2, 0.25) is 15.9 Å². The van der Waals surface area contributed by atoms with E-state index in [1.807, 2.05) is 12.1 Å². The van der Waals surface area contributed by atoms with E-state index in [0.29, 0.717) is 37.6 Å². The van der Waals surface area contributed by atoms with Gasteiger partial charge in [-0.15, -0.1) is 0 Å². The van der Waals surface area contributed by atoms with Gasteiger partial charge in [0.1, 0.15) is 11.9 Å². The van der Waals surface area contributed by atoms with Crippen LogP contribution in [-0.2, 0) is 36.1 Å². The van der Waals surface area contributed by atoms with Crippen LogP contribution in [0.3, 0.4) is 0 Å². The number of halogens is 2. The van der Waals surface area contributed by atoms with Gasteiger partial charge in [-0.1, -0.05) is 48.0 Å². The SMILES string of the molecule is COC(=O)N[C@H](C(=O)Nc1cccc(F)c1C[C@H]1CNC[C@@H](C)N1S(=O)(=O)c1ccccc1)C1(c2ccc(Cl)cc2)CCOCC1. The summed E-state index contributed by atoms with van der Waals surface area (Å²) in [6, 6.07) is 17.4. The molecule has 46 heavy (non-hydrogen) atoms. The molecule has 0 saturated carbocycles. The van der Waals surface area contributed by atoms with E-state index in [2.05, 4.69) is 16.0 Å². The molecule has 0 spiro atoms. The molecule has 13 heteroatoms. The van der Waals surface area contributed by atoms with Gasteiger partial charge in [-0.05, 0) is 68.1 Å². The van der Waals surface area contributed by atoms with Crippen molar-refractivity contribution in [2.24, 2.45) is 0 Å². The van der Waals surface area contributed by atoms with E-state index in [0.717, 1.165) is 5.56 Å². The Morgan fingerprint density at radius 2 is 1.76 bits per heavy atom. The van der Waals surface area contributed by atoms with Gasteiger partial charge in [-0.2, -0.15) is 4.31 Å². The third-order valence-corrected chi connectivity index (χ3v) is 11.1. The Balaban J connectivity index is 1.49. The molecular weight excluding hydrogens is 635 g/mol. The van der Waals surface area contributed by atoms with Crippen molar-refractivity contribution >= 4 is 39.3 Å². The Hall–Kier alpha value is -3.55. The Morgan fingerprint density at radius 3 is 2.43 bits per heavy atom. The monoisotopic (exact) mass is 672 g/mol. The number of amides is 2. The summed E-state index contributed by atoms with van der Waals surface area (Å²) in [6.45, 7) is 3.21. The van der Waals surface area contributed by atoms with E-state index in [9.17, 15) is 18.0 Å². The van der Waals surface area contributed by atoms with Gasteiger partial charge in [-0.3, -0.25) is 4.79 Å². The van der Waals surface area contributed by atoms with Crippen molar-refractivity contribution in [3.05, 3.63) is 94.8 Å². The number of anilines is 1. The number of hydrogen-bond acceptors (Lipinski definition) is 7. The molecule has 0 bridgehead atoms. The molecule has 3 N–H and O–H groups in total. The van der Waals surface area contributed by atoms with E-state index < -0.39 is 51.4 Å². The van der Waals surface area contributed by atoms with Crippen LogP contribution in [-0.4, -0.2) is 76.3 Å². The highest BCUT2D eigenvalue weighted by Crippen LogP contribution is 2.40. The van der Waals surface area contributed by atoms with Crippen molar-refractivity contribution in [1.82, 2.24) is 14.9 Å². The molecule has 2 aliphatic heterocycles. The highest BCUT2D eigenvalue weighted by molar-refractivity contribution is 7.89. The number of carbonyl (C=O) groups is 2. The normalized spacial score (nSPS) is 20.8. The van der Waals surface area contributed by atoms with E-state index in [-0.39, 0.29) is 29.1 Å². The van der Waals surface area contributed by atoms with E-state index in [1.54, 1.807) is 43.3 Å². The molecule has 2 saturated heterocycles. The van der Waals surface area contributed by atoms with E-state index >= 15 is 4.39 Å². The van der Waals surface area contributed by atoms with Gasteiger partial charge in [0.25, 0.3) is 0 Å². The highest BCUT2D eigenvalue weighted by Gasteiger charge is 2.47. The van der Waals surface area contributed by atoms with E-state index in [4.69, 9.17) is 21.1 Å². The number of piperazine rings is 1. The quantitative estimate of drug-likeness (QED) is 0.306. The Morgan fingerprint density at radius 1 is 1.07 bits per heavy atom. The molecule has 246 valence electrons. The van der Waals surface area contributed by atoms with Gasteiger partial charge < -0.3 is 25.4 Å². The zero-order valence-corrected chi connectivity index (χ0v) is 27.2. The van der Waals surface area contributed by atoms with Crippen LogP contribution in [0.1, 0.15) is 30.9 Å². The van der Waals surface area contributed by atoms with Crippen LogP contribution in [0, 0.1) is 5.82 Å². The minimum Gasteiger partial charge on any atom is -0.453 e. The van der Waals surface area contributed by atoms with Crippen LogP contribution < -0.4 is 16.0 Å². The van der Waals surface area contributed by atoms with Crippen LogP contribution in [0.4, 0.5) is 14.9 Å². The number of nitrogens with zero attached hydrogens (tertiary/aromatic N) is 1. The van der Waals surface area contributed by atoms with E-state index in [1.165, 1.54) is 35.7 Å². The van der Waals surface area contributed by atoms with Gasteiger partial charge >= 0.3 is 6.09 Å².